The van der Waals surface area contributed by atoms with Crippen LogP contribution < -0.4 is 9.62 Å². The summed E-state index contributed by atoms with van der Waals surface area (Å²) < 4.78 is 43.4. The second kappa shape index (κ2) is 15.4. The van der Waals surface area contributed by atoms with Gasteiger partial charge in [0.15, 0.2) is 0 Å². The average Bonchev–Trinajstić information content (AvgIpc) is 3.04. The smallest absolute Gasteiger partial charge is 0.264 e. The zero-order chi connectivity index (χ0) is 33.4. The van der Waals surface area contributed by atoms with Crippen molar-refractivity contribution < 1.29 is 22.4 Å². The minimum absolute atomic E-state index is 0.00529. The second-order valence-electron chi connectivity index (χ2n) is 11.4. The highest BCUT2D eigenvalue weighted by Crippen LogP contribution is 2.31. The molecule has 242 valence electrons. The number of anilines is 1. The van der Waals surface area contributed by atoms with Gasteiger partial charge in [0, 0.05) is 24.0 Å². The molecule has 0 radical (unpaired) electrons. The summed E-state index contributed by atoms with van der Waals surface area (Å²) >= 11 is 6.44. The molecule has 4 aromatic carbocycles. The number of carbonyl (C=O) groups is 2. The van der Waals surface area contributed by atoms with Gasteiger partial charge in [-0.25, -0.2) is 12.8 Å². The molecular formula is C36H39ClFN3O4S. The molecule has 2 atom stereocenters. The van der Waals surface area contributed by atoms with Crippen molar-refractivity contribution in [1.29, 1.82) is 0 Å². The predicted octanol–water partition coefficient (Wildman–Crippen LogP) is 6.85. The maximum atomic E-state index is 14.6. The summed E-state index contributed by atoms with van der Waals surface area (Å²) in [7, 11) is -4.27. The van der Waals surface area contributed by atoms with E-state index in [1.807, 2.05) is 51.1 Å². The van der Waals surface area contributed by atoms with Crippen LogP contribution in [0.2, 0.25) is 5.02 Å². The molecule has 1 N–H and O–H groups in total. The fourth-order valence-electron chi connectivity index (χ4n) is 5.00. The number of benzene rings is 4. The first-order chi connectivity index (χ1) is 21.9. The van der Waals surface area contributed by atoms with Crippen LogP contribution in [0, 0.1) is 19.7 Å². The van der Waals surface area contributed by atoms with Gasteiger partial charge in [-0.3, -0.25) is 13.9 Å². The number of nitrogens with zero attached hydrogens (tertiary/aromatic N) is 2. The minimum atomic E-state index is -4.27. The van der Waals surface area contributed by atoms with Crippen molar-refractivity contribution >= 4 is 39.1 Å². The Balaban J connectivity index is 1.83. The molecule has 0 aliphatic heterocycles. The lowest BCUT2D eigenvalue weighted by Gasteiger charge is -2.34. The number of halogens is 2. The molecule has 0 aliphatic carbocycles. The van der Waals surface area contributed by atoms with Crippen molar-refractivity contribution in [2.24, 2.45) is 0 Å². The molecule has 0 saturated carbocycles. The minimum Gasteiger partial charge on any atom is -0.352 e. The molecule has 46 heavy (non-hydrogen) atoms. The molecule has 0 spiro atoms. The van der Waals surface area contributed by atoms with E-state index >= 15 is 0 Å². The third kappa shape index (κ3) is 8.53. The van der Waals surface area contributed by atoms with E-state index in [0.29, 0.717) is 22.6 Å². The van der Waals surface area contributed by atoms with Gasteiger partial charge in [0.1, 0.15) is 18.4 Å². The topological polar surface area (TPSA) is 86.8 Å². The molecule has 10 heteroatoms. The summed E-state index contributed by atoms with van der Waals surface area (Å²) in [5.74, 6) is -1.43. The highest BCUT2D eigenvalue weighted by atomic mass is 35.5. The zero-order valence-electron chi connectivity index (χ0n) is 26.4. The van der Waals surface area contributed by atoms with Crippen LogP contribution in [-0.4, -0.2) is 43.8 Å². The maximum Gasteiger partial charge on any atom is 0.264 e. The summed E-state index contributed by atoms with van der Waals surface area (Å²) in [4.78, 5) is 29.8. The molecule has 0 fully saturated rings. The molecule has 4 rings (SSSR count). The first-order valence-corrected chi connectivity index (χ1v) is 16.9. The Morgan fingerprint density at radius 2 is 1.52 bits per heavy atom. The molecule has 0 saturated heterocycles. The monoisotopic (exact) mass is 663 g/mol. The number of carbonyl (C=O) groups excluding carboxylic acids is 2. The Bertz CT molecular complexity index is 1750. The fourth-order valence-corrected chi connectivity index (χ4v) is 6.64. The molecule has 4 aromatic rings. The van der Waals surface area contributed by atoms with Gasteiger partial charge in [-0.15, -0.1) is 0 Å². The number of hydrogen-bond acceptors (Lipinski definition) is 4. The van der Waals surface area contributed by atoms with E-state index in [9.17, 15) is 22.4 Å². The summed E-state index contributed by atoms with van der Waals surface area (Å²) in [5.41, 5.74) is 3.00. The van der Waals surface area contributed by atoms with Gasteiger partial charge in [-0.1, -0.05) is 84.8 Å². The average molecular weight is 664 g/mol. The van der Waals surface area contributed by atoms with Gasteiger partial charge in [0.05, 0.1) is 10.6 Å². The first kappa shape index (κ1) is 34.7. The van der Waals surface area contributed by atoms with Gasteiger partial charge in [0.25, 0.3) is 10.0 Å². The van der Waals surface area contributed by atoms with Crippen LogP contribution in [-0.2, 0) is 32.6 Å². The standard InChI is InChI=1S/C36H39ClFN3O4S/c1-5-26(3)39-36(43)34(22-28-10-7-6-8-11-28)40(23-29-16-18-30(38)19-17-29)35(42)24-41(33-13-9-12-32(37)27(33)4)46(44,45)31-20-14-25(2)15-21-31/h6-21,26,34H,5,22-24H2,1-4H3,(H,39,43)/t26-,34-/m0/s1. The van der Waals surface area contributed by atoms with Gasteiger partial charge >= 0.3 is 0 Å². The molecule has 0 unspecified atom stereocenters. The Morgan fingerprint density at radius 3 is 2.15 bits per heavy atom. The molecular weight excluding hydrogens is 625 g/mol. The van der Waals surface area contributed by atoms with E-state index in [2.05, 4.69) is 5.32 Å². The van der Waals surface area contributed by atoms with Gasteiger partial charge in [0.2, 0.25) is 11.8 Å². The van der Waals surface area contributed by atoms with Crippen LogP contribution in [0.4, 0.5) is 10.1 Å². The molecule has 0 aliphatic rings. The summed E-state index contributed by atoms with van der Waals surface area (Å²) in [5, 5.41) is 3.34. The molecule has 0 heterocycles. The summed E-state index contributed by atoms with van der Waals surface area (Å²) in [6.07, 6.45) is 0.850. The predicted molar refractivity (Wildman–Crippen MR) is 181 cm³/mol. The Morgan fingerprint density at radius 1 is 0.870 bits per heavy atom. The van der Waals surface area contributed by atoms with Gasteiger partial charge < -0.3 is 10.2 Å². The first-order valence-electron chi connectivity index (χ1n) is 15.1. The van der Waals surface area contributed by atoms with E-state index in [1.165, 1.54) is 29.2 Å². The van der Waals surface area contributed by atoms with Crippen LogP contribution in [0.15, 0.2) is 102 Å². The van der Waals surface area contributed by atoms with Gasteiger partial charge in [-0.2, -0.15) is 0 Å². The third-order valence-corrected chi connectivity index (χ3v) is 10.1. The number of hydrogen-bond donors (Lipinski definition) is 1. The van der Waals surface area contributed by atoms with Crippen molar-refractivity contribution in [2.45, 2.75) is 64.1 Å². The third-order valence-electron chi connectivity index (χ3n) is 7.93. The SMILES string of the molecule is CC[C@H](C)NC(=O)[C@H](Cc1ccccc1)N(Cc1ccc(F)cc1)C(=O)CN(c1cccc(Cl)c1C)S(=O)(=O)c1ccc(C)cc1. The lowest BCUT2D eigenvalue weighted by Crippen LogP contribution is -2.54. The number of sulfonamides is 1. The fraction of sp³-hybridized carbons (Fsp3) is 0.278. The Hall–Kier alpha value is -4.21. The van der Waals surface area contributed by atoms with Crippen LogP contribution in [0.5, 0.6) is 0 Å². The molecule has 0 aromatic heterocycles. The van der Waals surface area contributed by atoms with Crippen molar-refractivity contribution in [1.82, 2.24) is 10.2 Å². The quantitative estimate of drug-likeness (QED) is 0.170. The van der Waals surface area contributed by atoms with Crippen molar-refractivity contribution in [3.63, 3.8) is 0 Å². The Labute approximate surface area is 276 Å². The normalized spacial score (nSPS) is 12.7. The lowest BCUT2D eigenvalue weighted by molar-refractivity contribution is -0.140. The lowest BCUT2D eigenvalue weighted by atomic mass is 10.0. The van der Waals surface area contributed by atoms with E-state index in [-0.39, 0.29) is 35.5 Å². The Kier molecular flexibility index (Phi) is 11.6. The molecule has 2 amide bonds. The van der Waals surface area contributed by atoms with Crippen LogP contribution in [0.1, 0.15) is 42.5 Å². The zero-order valence-corrected chi connectivity index (χ0v) is 28.0. The summed E-state index contributed by atoms with van der Waals surface area (Å²) in [6, 6.07) is 25.0. The number of nitrogens with one attached hydrogen (secondary N) is 1. The molecule has 0 bridgehead atoms. The second-order valence-corrected chi connectivity index (χ2v) is 13.6. The number of amides is 2. The highest BCUT2D eigenvalue weighted by molar-refractivity contribution is 7.92. The largest absolute Gasteiger partial charge is 0.352 e. The van der Waals surface area contributed by atoms with Crippen molar-refractivity contribution in [3.05, 3.63) is 130 Å². The number of rotatable bonds is 13. The van der Waals surface area contributed by atoms with E-state index in [4.69, 9.17) is 11.6 Å². The van der Waals surface area contributed by atoms with E-state index in [0.717, 1.165) is 15.4 Å². The van der Waals surface area contributed by atoms with E-state index < -0.39 is 34.3 Å². The van der Waals surface area contributed by atoms with Crippen LogP contribution >= 0.6 is 11.6 Å². The van der Waals surface area contributed by atoms with Gasteiger partial charge in [-0.05, 0) is 80.3 Å². The van der Waals surface area contributed by atoms with Crippen LogP contribution in [0.3, 0.4) is 0 Å². The van der Waals surface area contributed by atoms with Crippen LogP contribution in [0.25, 0.3) is 0 Å². The number of aryl methyl sites for hydroxylation is 1. The van der Waals surface area contributed by atoms with Crippen molar-refractivity contribution in [2.75, 3.05) is 10.8 Å². The van der Waals surface area contributed by atoms with Crippen molar-refractivity contribution in [3.8, 4) is 0 Å². The highest BCUT2D eigenvalue weighted by Gasteiger charge is 2.35. The molecule has 7 nitrogen and oxygen atoms in total. The van der Waals surface area contributed by atoms with E-state index in [1.54, 1.807) is 49.4 Å². The summed E-state index contributed by atoms with van der Waals surface area (Å²) in [6.45, 7) is 6.69. The maximum absolute atomic E-state index is 14.6.